The van der Waals surface area contributed by atoms with Crippen molar-refractivity contribution in [2.75, 3.05) is 11.9 Å². The molecule has 1 saturated heterocycles. The topological polar surface area (TPSA) is 92.8 Å². The molecule has 7 nitrogen and oxygen atoms in total. The van der Waals surface area contributed by atoms with Crippen LogP contribution in [-0.4, -0.2) is 41.2 Å². The van der Waals surface area contributed by atoms with E-state index in [0.717, 1.165) is 23.3 Å². The van der Waals surface area contributed by atoms with Crippen molar-refractivity contribution >= 4 is 52.6 Å². The molecular weight excluding hydrogens is 635 g/mol. The largest absolute Gasteiger partial charge is 0.462 e. The lowest BCUT2D eigenvalue weighted by atomic mass is 9.54. The number of carbonyl (C=O) groups is 4. The first-order chi connectivity index (χ1) is 22.7. The number of halogens is 2. The first-order valence-electron chi connectivity index (χ1n) is 15.8. The van der Waals surface area contributed by atoms with Crippen molar-refractivity contribution in [2.24, 2.45) is 11.8 Å². The molecule has 3 amide bonds. The number of imide groups is 1. The van der Waals surface area contributed by atoms with Gasteiger partial charge in [0.25, 0.3) is 0 Å². The van der Waals surface area contributed by atoms with Crippen LogP contribution in [0.3, 0.4) is 0 Å². The number of hydrogen-bond donors (Lipinski definition) is 1. The molecular formula is C38H32Cl2N2O5. The molecule has 1 heterocycles. The maximum Gasteiger partial charge on any atom is 0.338 e. The van der Waals surface area contributed by atoms with E-state index >= 15 is 0 Å². The van der Waals surface area contributed by atoms with Gasteiger partial charge in [0.1, 0.15) is 15.8 Å². The predicted molar refractivity (Wildman–Crippen MR) is 179 cm³/mol. The molecule has 3 aliphatic carbocycles. The number of nitrogens with zero attached hydrogens (tertiary/aromatic N) is 1. The van der Waals surface area contributed by atoms with Gasteiger partial charge >= 0.3 is 5.97 Å². The lowest BCUT2D eigenvalue weighted by Crippen LogP contribution is -2.57. The second kappa shape index (κ2) is 12.0. The van der Waals surface area contributed by atoms with E-state index in [4.69, 9.17) is 27.9 Å². The highest BCUT2D eigenvalue weighted by Gasteiger charge is 2.73. The Bertz CT molecular complexity index is 1770. The number of anilines is 1. The molecule has 9 heteroatoms. The Morgan fingerprint density at radius 2 is 1.26 bits per heavy atom. The van der Waals surface area contributed by atoms with Gasteiger partial charge < -0.3 is 10.1 Å². The number of nitrogens with one attached hydrogen (secondary N) is 1. The van der Waals surface area contributed by atoms with Crippen LogP contribution in [0.1, 0.15) is 57.9 Å². The fraction of sp³-hybridized carbons (Fsp3) is 0.263. The van der Waals surface area contributed by atoms with Crippen LogP contribution in [0, 0.1) is 11.8 Å². The third-order valence-electron chi connectivity index (χ3n) is 9.62. The highest BCUT2D eigenvalue weighted by Crippen LogP contribution is 2.69. The van der Waals surface area contributed by atoms with E-state index in [1.54, 1.807) is 24.3 Å². The van der Waals surface area contributed by atoms with Crippen LogP contribution in [0.4, 0.5) is 5.69 Å². The minimum atomic E-state index is -1.36. The summed E-state index contributed by atoms with van der Waals surface area (Å²) < 4.78 is 5.29. The summed E-state index contributed by atoms with van der Waals surface area (Å²) in [4.78, 5) is 54.2. The van der Waals surface area contributed by atoms with Gasteiger partial charge in [0, 0.05) is 12.1 Å². The Balaban J connectivity index is 1.25. The van der Waals surface area contributed by atoms with E-state index in [0.29, 0.717) is 40.1 Å². The molecule has 8 rings (SSSR count). The molecule has 0 radical (unpaired) electrons. The second-order valence-electron chi connectivity index (χ2n) is 12.3. The lowest BCUT2D eigenvalue weighted by Gasteiger charge is -2.54. The summed E-state index contributed by atoms with van der Waals surface area (Å²) in [5, 5.41) is 2.87. The molecule has 1 N–H and O–H groups in total. The Hall–Kier alpha value is -4.46. The standard InChI is InChI=1S/C38H32Cl2N2O5/c1-2-3-21-47-36(46)24-17-19-25(20-18-24)41-33(43)30(22-23-11-5-4-6-12-23)42-34(44)31-32(35(42)45)38(40)27-14-8-7-13-26(27)37(31,39)28-15-9-10-16-29(28)38/h4-20,30-32H,2-3,21-22H2,1H3,(H,41,43)/t30-,31-,32+,37?,38?/m1/s1. The van der Waals surface area contributed by atoms with Crippen molar-refractivity contribution in [1.29, 1.82) is 0 Å². The Morgan fingerprint density at radius 1 is 0.766 bits per heavy atom. The molecule has 1 fully saturated rings. The molecule has 0 unspecified atom stereocenters. The number of amides is 3. The number of rotatable bonds is 9. The van der Waals surface area contributed by atoms with Gasteiger partial charge in [-0.05, 0) is 58.5 Å². The summed E-state index contributed by atoms with van der Waals surface area (Å²) in [6.07, 6.45) is 1.76. The van der Waals surface area contributed by atoms with Crippen LogP contribution in [0.5, 0.6) is 0 Å². The van der Waals surface area contributed by atoms with Crippen LogP contribution in [-0.2, 0) is 35.3 Å². The van der Waals surface area contributed by atoms with Gasteiger partial charge in [0.05, 0.1) is 24.0 Å². The zero-order chi connectivity index (χ0) is 32.9. The summed E-state index contributed by atoms with van der Waals surface area (Å²) in [6.45, 7) is 2.34. The molecule has 0 saturated carbocycles. The molecule has 1 aliphatic heterocycles. The number of benzene rings is 4. The van der Waals surface area contributed by atoms with E-state index in [9.17, 15) is 19.2 Å². The lowest BCUT2D eigenvalue weighted by molar-refractivity contribution is -0.146. The zero-order valence-electron chi connectivity index (χ0n) is 25.6. The quantitative estimate of drug-likeness (QED) is 0.0920. The Kier molecular flexibility index (Phi) is 7.93. The molecule has 4 aromatic rings. The van der Waals surface area contributed by atoms with Crippen molar-refractivity contribution in [1.82, 2.24) is 4.90 Å². The van der Waals surface area contributed by atoms with Crippen molar-refractivity contribution in [3.05, 3.63) is 137 Å². The maximum atomic E-state index is 14.7. The number of hydrogen-bond acceptors (Lipinski definition) is 5. The van der Waals surface area contributed by atoms with Crippen molar-refractivity contribution < 1.29 is 23.9 Å². The third kappa shape index (κ3) is 4.78. The first-order valence-corrected chi connectivity index (χ1v) is 16.5. The number of esters is 1. The predicted octanol–water partition coefficient (Wildman–Crippen LogP) is 6.79. The van der Waals surface area contributed by atoms with Crippen molar-refractivity contribution in [2.45, 2.75) is 42.0 Å². The van der Waals surface area contributed by atoms with Crippen molar-refractivity contribution in [3.63, 3.8) is 0 Å². The second-order valence-corrected chi connectivity index (χ2v) is 13.5. The minimum absolute atomic E-state index is 0.0793. The SMILES string of the molecule is CCCCOC(=O)c1ccc(NC(=O)[C@@H](Cc2ccccc2)N2C(=O)[C@@H]3[C@H](C2=O)C2(Cl)c4ccccc4C3(Cl)c3ccccc32)cc1. The summed E-state index contributed by atoms with van der Waals surface area (Å²) in [7, 11) is 0. The highest BCUT2D eigenvalue weighted by molar-refractivity contribution is 6.36. The van der Waals surface area contributed by atoms with Crippen molar-refractivity contribution in [3.8, 4) is 0 Å². The summed E-state index contributed by atoms with van der Waals surface area (Å²) in [6, 6.07) is 29.2. The molecule has 0 spiro atoms. The van der Waals surface area contributed by atoms with Gasteiger partial charge in [-0.3, -0.25) is 19.3 Å². The average molecular weight is 668 g/mol. The van der Waals surface area contributed by atoms with Crippen LogP contribution >= 0.6 is 23.2 Å². The van der Waals surface area contributed by atoms with E-state index in [1.807, 2.05) is 85.8 Å². The van der Waals surface area contributed by atoms with Crippen LogP contribution in [0.25, 0.3) is 0 Å². The molecule has 4 aliphatic rings. The fourth-order valence-corrected chi connectivity index (χ4v) is 8.54. The number of alkyl halides is 2. The Morgan fingerprint density at radius 3 is 1.74 bits per heavy atom. The van der Waals surface area contributed by atoms with E-state index in [2.05, 4.69) is 5.32 Å². The van der Waals surface area contributed by atoms with Gasteiger partial charge in [-0.15, -0.1) is 23.2 Å². The molecule has 238 valence electrons. The Labute approximate surface area is 282 Å². The van der Waals surface area contributed by atoms with Gasteiger partial charge in [-0.1, -0.05) is 92.2 Å². The van der Waals surface area contributed by atoms with Gasteiger partial charge in [-0.25, -0.2) is 4.79 Å². The number of ether oxygens (including phenoxy) is 1. The van der Waals surface area contributed by atoms with Crippen LogP contribution in [0.15, 0.2) is 103 Å². The van der Waals surface area contributed by atoms with Gasteiger partial charge in [0.2, 0.25) is 17.7 Å². The van der Waals surface area contributed by atoms with Crippen LogP contribution < -0.4 is 5.32 Å². The minimum Gasteiger partial charge on any atom is -0.462 e. The fourth-order valence-electron chi connectivity index (χ4n) is 7.44. The highest BCUT2D eigenvalue weighted by atomic mass is 35.5. The van der Waals surface area contributed by atoms with Gasteiger partial charge in [-0.2, -0.15) is 0 Å². The molecule has 0 aromatic heterocycles. The molecule has 4 aromatic carbocycles. The first kappa shape index (κ1) is 31.2. The summed E-state index contributed by atoms with van der Waals surface area (Å²) >= 11 is 15.2. The zero-order valence-corrected chi connectivity index (χ0v) is 27.1. The monoisotopic (exact) mass is 666 g/mol. The van der Waals surface area contributed by atoms with E-state index in [1.165, 1.54) is 0 Å². The average Bonchev–Trinajstić information content (AvgIpc) is 3.37. The van der Waals surface area contributed by atoms with E-state index in [-0.39, 0.29) is 6.42 Å². The normalized spacial score (nSPS) is 24.3. The summed E-state index contributed by atoms with van der Waals surface area (Å²) in [5.74, 6) is -4.13. The van der Waals surface area contributed by atoms with Gasteiger partial charge in [0.15, 0.2) is 0 Å². The van der Waals surface area contributed by atoms with E-state index < -0.39 is 51.3 Å². The molecule has 2 bridgehead atoms. The third-order valence-corrected chi connectivity index (χ3v) is 10.9. The smallest absolute Gasteiger partial charge is 0.338 e. The summed E-state index contributed by atoms with van der Waals surface area (Å²) in [5.41, 5.74) is 4.28. The van der Waals surface area contributed by atoms with Crippen LogP contribution in [0.2, 0.25) is 0 Å². The number of unbranched alkanes of at least 4 members (excludes halogenated alkanes) is 1. The molecule has 47 heavy (non-hydrogen) atoms. The maximum absolute atomic E-state index is 14.7. The number of likely N-dealkylation sites (tertiary alicyclic amines) is 1. The molecule has 3 atom stereocenters. The number of carbonyl (C=O) groups excluding carboxylic acids is 4.